The van der Waals surface area contributed by atoms with E-state index in [1.807, 2.05) is 4.90 Å². The van der Waals surface area contributed by atoms with Crippen molar-refractivity contribution in [1.29, 1.82) is 0 Å². The first-order valence-corrected chi connectivity index (χ1v) is 12.3. The summed E-state index contributed by atoms with van der Waals surface area (Å²) < 4.78 is 0. The summed E-state index contributed by atoms with van der Waals surface area (Å²) in [4.78, 5) is 43.7. The van der Waals surface area contributed by atoms with Crippen molar-refractivity contribution >= 4 is 40.4 Å². The molecule has 9 heteroatoms. The summed E-state index contributed by atoms with van der Waals surface area (Å²) in [7, 11) is 0. The van der Waals surface area contributed by atoms with E-state index < -0.39 is 5.91 Å². The van der Waals surface area contributed by atoms with Crippen LogP contribution in [0.3, 0.4) is 0 Å². The number of likely N-dealkylation sites (tertiary alicyclic amines) is 1. The summed E-state index contributed by atoms with van der Waals surface area (Å²) in [6.45, 7) is 10.1. The first-order chi connectivity index (χ1) is 14.6. The van der Waals surface area contributed by atoms with Crippen molar-refractivity contribution in [3.05, 3.63) is 38.5 Å². The minimum absolute atomic E-state index is 0.0529. The van der Waals surface area contributed by atoms with Gasteiger partial charge in [0.15, 0.2) is 0 Å². The molecule has 7 nitrogen and oxygen atoms in total. The van der Waals surface area contributed by atoms with Crippen LogP contribution in [0.2, 0.25) is 0 Å². The van der Waals surface area contributed by atoms with Crippen molar-refractivity contribution in [2.45, 2.75) is 46.5 Å². The number of hydrazine groups is 1. The molecule has 3 heterocycles. The summed E-state index contributed by atoms with van der Waals surface area (Å²) in [5, 5.41) is 6.14. The molecule has 0 spiro atoms. The topological polar surface area (TPSA) is 91.4 Å². The van der Waals surface area contributed by atoms with Gasteiger partial charge >= 0.3 is 0 Å². The van der Waals surface area contributed by atoms with Crippen molar-refractivity contribution in [2.75, 3.05) is 13.1 Å². The molecule has 1 aliphatic carbocycles. The molecule has 0 bridgehead atoms. The molecule has 1 saturated carbocycles. The minimum atomic E-state index is -0.433. The molecule has 2 aromatic heterocycles. The van der Waals surface area contributed by atoms with Gasteiger partial charge < -0.3 is 4.90 Å². The first kappa shape index (κ1) is 22.0. The second-order valence-corrected chi connectivity index (χ2v) is 11.1. The van der Waals surface area contributed by atoms with E-state index in [0.29, 0.717) is 11.3 Å². The van der Waals surface area contributed by atoms with Gasteiger partial charge in [0.1, 0.15) is 5.69 Å². The Kier molecular flexibility index (Phi) is 5.68. The maximum absolute atomic E-state index is 13.0. The van der Waals surface area contributed by atoms with E-state index >= 15 is 0 Å². The van der Waals surface area contributed by atoms with Crippen LogP contribution in [-0.4, -0.2) is 40.7 Å². The van der Waals surface area contributed by atoms with Crippen LogP contribution in [0.25, 0.3) is 0 Å². The number of aromatic nitrogens is 1. The van der Waals surface area contributed by atoms with Crippen LogP contribution >= 0.6 is 22.7 Å². The summed E-state index contributed by atoms with van der Waals surface area (Å²) in [6, 6.07) is 1.69. The molecule has 1 saturated heterocycles. The van der Waals surface area contributed by atoms with Gasteiger partial charge in [0.25, 0.3) is 11.8 Å². The van der Waals surface area contributed by atoms with Crippen LogP contribution in [0.5, 0.6) is 0 Å². The zero-order chi connectivity index (χ0) is 22.4. The largest absolute Gasteiger partial charge is 0.342 e. The SMILES string of the molecule is CC1(C)C(C(=O)N2CCC(c3nc(C(=O)NNC(=O)c4ccsc4)cs3)CC2)C1(C)C. The Morgan fingerprint density at radius 2 is 1.68 bits per heavy atom. The third-order valence-electron chi connectivity index (χ3n) is 7.25. The lowest BCUT2D eigenvalue weighted by atomic mass is 9.96. The number of carbonyl (C=O) groups is 3. The molecule has 0 radical (unpaired) electrons. The Balaban J connectivity index is 1.29. The average Bonchev–Trinajstić information content (AvgIpc) is 3.28. The number of rotatable bonds is 4. The van der Waals surface area contributed by atoms with Gasteiger partial charge in [-0.1, -0.05) is 27.7 Å². The second-order valence-electron chi connectivity index (χ2n) is 9.47. The van der Waals surface area contributed by atoms with Gasteiger partial charge in [-0.3, -0.25) is 25.2 Å². The summed E-state index contributed by atoms with van der Waals surface area (Å²) in [6.07, 6.45) is 1.70. The zero-order valence-electron chi connectivity index (χ0n) is 18.2. The van der Waals surface area contributed by atoms with Gasteiger partial charge in [0.2, 0.25) is 5.91 Å². The van der Waals surface area contributed by atoms with Gasteiger partial charge in [-0.05, 0) is 35.1 Å². The lowest BCUT2D eigenvalue weighted by molar-refractivity contribution is -0.134. The number of hydrogen-bond acceptors (Lipinski definition) is 6. The molecule has 166 valence electrons. The molecule has 0 atom stereocenters. The standard InChI is InChI=1S/C22H28N4O3S2/c1-21(2)16(22(21,3)4)20(29)26-8-5-13(6-9-26)19-23-15(12-31-19)18(28)25-24-17(27)14-7-10-30-11-14/h7,10-13,16H,5-6,8-9H2,1-4H3,(H,24,27)(H,25,28). The Labute approximate surface area is 190 Å². The fourth-order valence-electron chi connectivity index (χ4n) is 4.57. The highest BCUT2D eigenvalue weighted by Gasteiger charge is 2.68. The van der Waals surface area contributed by atoms with Crippen LogP contribution in [-0.2, 0) is 4.79 Å². The Hall–Kier alpha value is -2.26. The summed E-state index contributed by atoms with van der Waals surface area (Å²) in [5.74, 6) is -0.178. The minimum Gasteiger partial charge on any atom is -0.342 e. The number of nitrogens with zero attached hydrogens (tertiary/aromatic N) is 2. The van der Waals surface area contributed by atoms with Crippen molar-refractivity contribution in [2.24, 2.45) is 16.7 Å². The van der Waals surface area contributed by atoms with Gasteiger partial charge in [-0.15, -0.1) is 11.3 Å². The van der Waals surface area contributed by atoms with Gasteiger partial charge in [-0.25, -0.2) is 4.98 Å². The van der Waals surface area contributed by atoms with E-state index in [-0.39, 0.29) is 34.5 Å². The highest BCUT2D eigenvalue weighted by atomic mass is 32.1. The molecular weight excluding hydrogens is 432 g/mol. The van der Waals surface area contributed by atoms with Crippen LogP contribution < -0.4 is 10.9 Å². The lowest BCUT2D eigenvalue weighted by Crippen LogP contribution is -2.41. The van der Waals surface area contributed by atoms with Crippen molar-refractivity contribution < 1.29 is 14.4 Å². The lowest BCUT2D eigenvalue weighted by Gasteiger charge is -2.31. The van der Waals surface area contributed by atoms with E-state index in [1.54, 1.807) is 22.2 Å². The Bertz CT molecular complexity index is 974. The summed E-state index contributed by atoms with van der Waals surface area (Å²) in [5.41, 5.74) is 5.73. The maximum Gasteiger partial charge on any atom is 0.289 e. The van der Waals surface area contributed by atoms with E-state index in [4.69, 9.17) is 0 Å². The molecule has 0 aromatic carbocycles. The Morgan fingerprint density at radius 3 is 2.26 bits per heavy atom. The second kappa shape index (κ2) is 8.02. The predicted octanol–water partition coefficient (Wildman–Crippen LogP) is 3.67. The Morgan fingerprint density at radius 1 is 1.03 bits per heavy atom. The molecule has 3 amide bonds. The van der Waals surface area contributed by atoms with E-state index in [9.17, 15) is 14.4 Å². The smallest absolute Gasteiger partial charge is 0.289 e. The van der Waals surface area contributed by atoms with Gasteiger partial charge in [0.05, 0.1) is 10.6 Å². The van der Waals surface area contributed by atoms with E-state index in [0.717, 1.165) is 30.9 Å². The number of nitrogens with one attached hydrogen (secondary N) is 2. The number of thiazole rings is 1. The molecule has 31 heavy (non-hydrogen) atoms. The molecule has 1 aliphatic heterocycles. The maximum atomic E-state index is 13.0. The highest BCUT2D eigenvalue weighted by Crippen LogP contribution is 2.68. The number of carbonyl (C=O) groups excluding carboxylic acids is 3. The molecule has 0 unspecified atom stereocenters. The average molecular weight is 461 g/mol. The van der Waals surface area contributed by atoms with E-state index in [1.165, 1.54) is 22.7 Å². The van der Waals surface area contributed by atoms with Gasteiger partial charge in [-0.2, -0.15) is 11.3 Å². The number of amides is 3. The quantitative estimate of drug-likeness (QED) is 0.681. The molecule has 2 aromatic rings. The third-order valence-corrected chi connectivity index (χ3v) is 8.94. The zero-order valence-corrected chi connectivity index (χ0v) is 19.9. The third kappa shape index (κ3) is 4.01. The molecule has 2 fully saturated rings. The normalized spacial score (nSPS) is 20.3. The monoisotopic (exact) mass is 460 g/mol. The van der Waals surface area contributed by atoms with E-state index in [2.05, 4.69) is 43.5 Å². The molecule has 2 aliphatic rings. The van der Waals surface area contributed by atoms with Gasteiger partial charge in [0, 0.05) is 35.7 Å². The van der Waals surface area contributed by atoms with Crippen LogP contribution in [0.15, 0.2) is 22.2 Å². The first-order valence-electron chi connectivity index (χ1n) is 10.5. The fraction of sp³-hybridized carbons (Fsp3) is 0.545. The van der Waals surface area contributed by atoms with Crippen molar-refractivity contribution in [3.63, 3.8) is 0 Å². The predicted molar refractivity (Wildman–Crippen MR) is 121 cm³/mol. The fourth-order valence-corrected chi connectivity index (χ4v) is 6.17. The van der Waals surface area contributed by atoms with Crippen molar-refractivity contribution in [1.82, 2.24) is 20.7 Å². The highest BCUT2D eigenvalue weighted by molar-refractivity contribution is 7.10. The number of thiophene rings is 1. The van der Waals surface area contributed by atoms with Crippen LogP contribution in [0, 0.1) is 16.7 Å². The summed E-state index contributed by atoms with van der Waals surface area (Å²) >= 11 is 2.87. The number of piperidine rings is 1. The molecule has 2 N–H and O–H groups in total. The number of hydrogen-bond donors (Lipinski definition) is 2. The molecular formula is C22H28N4O3S2. The molecule has 4 rings (SSSR count). The van der Waals surface area contributed by atoms with Crippen LogP contribution in [0.1, 0.15) is 72.3 Å². The van der Waals surface area contributed by atoms with Crippen molar-refractivity contribution in [3.8, 4) is 0 Å². The van der Waals surface area contributed by atoms with Crippen LogP contribution in [0.4, 0.5) is 0 Å².